The van der Waals surface area contributed by atoms with Gasteiger partial charge in [0.2, 0.25) is 0 Å². The minimum Gasteiger partial charge on any atom is -0.491 e. The number of nitrogens with zero attached hydrogens (tertiary/aromatic N) is 4. The summed E-state index contributed by atoms with van der Waals surface area (Å²) < 4.78 is 11.6. The van der Waals surface area contributed by atoms with Gasteiger partial charge in [0.15, 0.2) is 0 Å². The third-order valence-electron chi connectivity index (χ3n) is 6.56. The van der Waals surface area contributed by atoms with E-state index in [4.69, 9.17) is 9.47 Å². The van der Waals surface area contributed by atoms with Crippen LogP contribution in [0.25, 0.3) is 0 Å². The van der Waals surface area contributed by atoms with Gasteiger partial charge in [0.25, 0.3) is 0 Å². The summed E-state index contributed by atoms with van der Waals surface area (Å²) in [5, 5.41) is 20.8. The maximum atomic E-state index is 10.4. The Morgan fingerprint density at radius 3 is 1.28 bits per heavy atom. The first-order valence-electron chi connectivity index (χ1n) is 13.2. The number of hydrogen-bond donors (Lipinski definition) is 2. The summed E-state index contributed by atoms with van der Waals surface area (Å²) in [6.07, 6.45) is -1.07. The highest BCUT2D eigenvalue weighted by Gasteiger charge is 2.20. The Bertz CT molecular complexity index is 735. The fraction of sp³-hybridized carbons (Fsp3) is 0.643. The van der Waals surface area contributed by atoms with Crippen molar-refractivity contribution >= 4 is 0 Å². The molecule has 2 saturated heterocycles. The van der Waals surface area contributed by atoms with Gasteiger partial charge in [-0.2, -0.15) is 0 Å². The molecule has 202 valence electrons. The largest absolute Gasteiger partial charge is 0.491 e. The van der Waals surface area contributed by atoms with Crippen molar-refractivity contribution in [2.75, 3.05) is 91.8 Å². The lowest BCUT2D eigenvalue weighted by atomic mass is 10.2. The Hall–Kier alpha value is -1.94. The van der Waals surface area contributed by atoms with E-state index in [0.29, 0.717) is 24.6 Å². The summed E-state index contributed by atoms with van der Waals surface area (Å²) in [5.41, 5.74) is 2.38. The van der Waals surface area contributed by atoms with Gasteiger partial charge in [-0.05, 0) is 38.1 Å². The fourth-order valence-corrected chi connectivity index (χ4v) is 4.74. The Balaban J connectivity index is 1.28. The molecule has 0 bridgehead atoms. The number of piperazine rings is 2. The SMILES string of the molecule is C=C(C)CN1CCN(C[C@H](O)COc2ccc(OC[C@H](O)CN3CCN(CC(=C)C)CC3)cc2)CC1. The molecular weight excluding hydrogens is 456 g/mol. The van der Waals surface area contributed by atoms with Crippen LogP contribution >= 0.6 is 0 Å². The molecule has 2 heterocycles. The van der Waals surface area contributed by atoms with Gasteiger partial charge in [-0.25, -0.2) is 0 Å². The van der Waals surface area contributed by atoms with E-state index < -0.39 is 12.2 Å². The van der Waals surface area contributed by atoms with Crippen molar-refractivity contribution in [2.45, 2.75) is 26.1 Å². The van der Waals surface area contributed by atoms with E-state index in [0.717, 1.165) is 65.4 Å². The zero-order valence-electron chi connectivity index (χ0n) is 22.3. The van der Waals surface area contributed by atoms with E-state index in [2.05, 4.69) is 46.6 Å². The Kier molecular flexibility index (Phi) is 11.7. The molecule has 0 saturated carbocycles. The van der Waals surface area contributed by atoms with Gasteiger partial charge in [0.1, 0.15) is 36.9 Å². The summed E-state index contributed by atoms with van der Waals surface area (Å²) in [5.74, 6) is 1.39. The summed E-state index contributed by atoms with van der Waals surface area (Å²) in [6, 6.07) is 7.36. The van der Waals surface area contributed by atoms with Crippen molar-refractivity contribution in [1.29, 1.82) is 0 Å². The average Bonchev–Trinajstić information content (AvgIpc) is 2.84. The summed E-state index contributed by atoms with van der Waals surface area (Å²) in [7, 11) is 0. The van der Waals surface area contributed by atoms with Crippen molar-refractivity contribution in [3.8, 4) is 11.5 Å². The third kappa shape index (κ3) is 10.6. The van der Waals surface area contributed by atoms with Crippen LogP contribution in [-0.2, 0) is 0 Å². The minimum atomic E-state index is -0.536. The van der Waals surface area contributed by atoms with Gasteiger partial charge in [-0.1, -0.05) is 24.3 Å². The van der Waals surface area contributed by atoms with Crippen LogP contribution in [0.15, 0.2) is 48.6 Å². The second kappa shape index (κ2) is 14.7. The van der Waals surface area contributed by atoms with E-state index in [1.54, 1.807) is 0 Å². The standard InChI is InChI=1S/C28H46N4O4/c1-23(2)17-29-9-13-31(14-10-29)19-25(33)21-35-27-5-7-28(8-6-27)36-22-26(34)20-32-15-11-30(12-16-32)18-24(3)4/h5-8,25-26,33-34H,1,3,9-22H2,2,4H3/t25-,26+. The predicted octanol–water partition coefficient (Wildman–Crippen LogP) is 1.55. The normalized spacial score (nSPS) is 20.1. The van der Waals surface area contributed by atoms with E-state index in [9.17, 15) is 10.2 Å². The molecule has 0 aromatic heterocycles. The number of aliphatic hydroxyl groups is 2. The fourth-order valence-electron chi connectivity index (χ4n) is 4.74. The van der Waals surface area contributed by atoms with E-state index >= 15 is 0 Å². The second-order valence-electron chi connectivity index (χ2n) is 10.5. The van der Waals surface area contributed by atoms with Crippen LogP contribution < -0.4 is 9.47 Å². The number of ether oxygens (including phenoxy) is 2. The number of benzene rings is 1. The highest BCUT2D eigenvalue weighted by Crippen LogP contribution is 2.18. The summed E-state index contributed by atoms with van der Waals surface area (Å²) >= 11 is 0. The molecule has 0 unspecified atom stereocenters. The maximum absolute atomic E-state index is 10.4. The second-order valence-corrected chi connectivity index (χ2v) is 10.5. The van der Waals surface area contributed by atoms with Crippen molar-refractivity contribution in [1.82, 2.24) is 19.6 Å². The number of aliphatic hydroxyl groups excluding tert-OH is 2. The van der Waals surface area contributed by atoms with Crippen molar-refractivity contribution in [3.05, 3.63) is 48.6 Å². The van der Waals surface area contributed by atoms with Crippen LogP contribution in [0.5, 0.6) is 11.5 Å². The van der Waals surface area contributed by atoms with Crippen LogP contribution in [-0.4, -0.2) is 134 Å². The van der Waals surface area contributed by atoms with Gasteiger partial charge >= 0.3 is 0 Å². The first-order valence-corrected chi connectivity index (χ1v) is 13.2. The molecule has 0 aliphatic carbocycles. The Morgan fingerprint density at radius 1 is 0.667 bits per heavy atom. The monoisotopic (exact) mass is 502 g/mol. The molecule has 8 nitrogen and oxygen atoms in total. The molecule has 2 aliphatic rings. The minimum absolute atomic E-state index is 0.254. The molecular formula is C28H46N4O4. The zero-order valence-corrected chi connectivity index (χ0v) is 22.3. The van der Waals surface area contributed by atoms with E-state index in [-0.39, 0.29) is 13.2 Å². The molecule has 0 spiro atoms. The molecule has 2 aliphatic heterocycles. The number of β-amino-alcohol motifs (C(OH)–C–C–N with tert-alkyl or cyclic N) is 2. The first-order chi connectivity index (χ1) is 17.3. The summed E-state index contributed by atoms with van der Waals surface area (Å²) in [6.45, 7) is 23.6. The van der Waals surface area contributed by atoms with Crippen molar-refractivity contribution in [2.24, 2.45) is 0 Å². The molecule has 0 amide bonds. The Morgan fingerprint density at radius 2 is 0.972 bits per heavy atom. The van der Waals surface area contributed by atoms with E-state index in [1.165, 1.54) is 11.1 Å². The van der Waals surface area contributed by atoms with Gasteiger partial charge < -0.3 is 19.7 Å². The molecule has 8 heteroatoms. The lowest BCUT2D eigenvalue weighted by Gasteiger charge is -2.35. The topological polar surface area (TPSA) is 71.9 Å². The van der Waals surface area contributed by atoms with Crippen molar-refractivity contribution in [3.63, 3.8) is 0 Å². The van der Waals surface area contributed by atoms with Gasteiger partial charge in [-0.15, -0.1) is 0 Å². The molecule has 2 fully saturated rings. The lowest BCUT2D eigenvalue weighted by Crippen LogP contribution is -2.49. The average molecular weight is 503 g/mol. The molecule has 1 aromatic carbocycles. The molecule has 2 N–H and O–H groups in total. The first kappa shape index (κ1) is 28.6. The van der Waals surface area contributed by atoms with Gasteiger partial charge in [0, 0.05) is 78.5 Å². The predicted molar refractivity (Wildman–Crippen MR) is 145 cm³/mol. The molecule has 2 atom stereocenters. The summed E-state index contributed by atoms with van der Waals surface area (Å²) in [4.78, 5) is 9.37. The van der Waals surface area contributed by atoms with Crippen molar-refractivity contribution < 1.29 is 19.7 Å². The maximum Gasteiger partial charge on any atom is 0.119 e. The quantitative estimate of drug-likeness (QED) is 0.372. The highest BCUT2D eigenvalue weighted by atomic mass is 16.5. The zero-order chi connectivity index (χ0) is 25.9. The number of hydrogen-bond acceptors (Lipinski definition) is 8. The van der Waals surface area contributed by atoms with Crippen LogP contribution in [0.2, 0.25) is 0 Å². The molecule has 1 aromatic rings. The smallest absolute Gasteiger partial charge is 0.119 e. The van der Waals surface area contributed by atoms with E-state index in [1.807, 2.05) is 24.3 Å². The lowest BCUT2D eigenvalue weighted by molar-refractivity contribution is 0.0468. The van der Waals surface area contributed by atoms with Crippen LogP contribution in [0.1, 0.15) is 13.8 Å². The van der Waals surface area contributed by atoms with Crippen LogP contribution in [0.3, 0.4) is 0 Å². The molecule has 3 rings (SSSR count). The molecule has 36 heavy (non-hydrogen) atoms. The van der Waals surface area contributed by atoms with Crippen LogP contribution in [0, 0.1) is 0 Å². The van der Waals surface area contributed by atoms with Gasteiger partial charge in [-0.3, -0.25) is 19.6 Å². The number of rotatable bonds is 14. The van der Waals surface area contributed by atoms with Gasteiger partial charge in [0.05, 0.1) is 0 Å². The highest BCUT2D eigenvalue weighted by molar-refractivity contribution is 5.31. The molecule has 0 radical (unpaired) electrons. The third-order valence-corrected chi connectivity index (χ3v) is 6.56. The Labute approximate surface area is 217 Å². The van der Waals surface area contributed by atoms with Crippen LogP contribution in [0.4, 0.5) is 0 Å².